The Morgan fingerprint density at radius 2 is 0.840 bits per heavy atom. The Hall–Kier alpha value is -2.86. The molecule has 0 amide bonds. The Kier molecular flexibility index (Phi) is 5.64. The van der Waals surface area contributed by atoms with Gasteiger partial charge in [-0.05, 0) is 33.7 Å². The van der Waals surface area contributed by atoms with Gasteiger partial charge in [-0.15, -0.1) is 0 Å². The van der Waals surface area contributed by atoms with Crippen molar-refractivity contribution in [1.82, 2.24) is 0 Å². The molecule has 25 heavy (non-hydrogen) atoms. The second-order valence-electron chi connectivity index (χ2n) is 6.57. The monoisotopic (exact) mass is 324 g/mol. The first-order valence-electron chi connectivity index (χ1n) is 8.82. The standard InChI is InChI=1S/C25H24/c1-20(2)25-18-16-24(17-19-25)15-14-23-12-10-22(11-13-23)9-8-21-6-4-3-5-7-21/h3-20H,1-2H3/b9-8+,15-14+. The maximum absolute atomic E-state index is 2.22. The molecule has 0 bridgehead atoms. The average Bonchev–Trinajstić information content (AvgIpc) is 2.67. The van der Waals surface area contributed by atoms with Gasteiger partial charge in [0.15, 0.2) is 0 Å². The van der Waals surface area contributed by atoms with Crippen LogP contribution < -0.4 is 0 Å². The van der Waals surface area contributed by atoms with E-state index < -0.39 is 0 Å². The Labute approximate surface area is 151 Å². The van der Waals surface area contributed by atoms with Gasteiger partial charge in [0, 0.05) is 0 Å². The second kappa shape index (κ2) is 8.30. The Morgan fingerprint density at radius 3 is 1.24 bits per heavy atom. The highest BCUT2D eigenvalue weighted by molar-refractivity contribution is 5.73. The topological polar surface area (TPSA) is 0 Å². The lowest BCUT2D eigenvalue weighted by atomic mass is 10.0. The Bertz CT molecular complexity index is 833. The van der Waals surface area contributed by atoms with Gasteiger partial charge in [-0.25, -0.2) is 0 Å². The lowest BCUT2D eigenvalue weighted by Gasteiger charge is -2.04. The van der Waals surface area contributed by atoms with Gasteiger partial charge in [0.25, 0.3) is 0 Å². The molecule has 0 fully saturated rings. The van der Waals surface area contributed by atoms with Crippen LogP contribution in [-0.2, 0) is 0 Å². The molecule has 0 aromatic heterocycles. The smallest absolute Gasteiger partial charge is 0.0219 e. The van der Waals surface area contributed by atoms with Crippen molar-refractivity contribution in [3.63, 3.8) is 0 Å². The highest BCUT2D eigenvalue weighted by atomic mass is 14.0. The van der Waals surface area contributed by atoms with Crippen molar-refractivity contribution >= 4 is 24.3 Å². The maximum atomic E-state index is 2.22. The van der Waals surface area contributed by atoms with Crippen molar-refractivity contribution in [2.45, 2.75) is 19.8 Å². The SMILES string of the molecule is CC(C)c1ccc(/C=C/c2ccc(/C=C/c3ccccc3)cc2)cc1. The molecule has 0 heteroatoms. The molecule has 0 aliphatic carbocycles. The van der Waals surface area contributed by atoms with E-state index >= 15 is 0 Å². The van der Waals surface area contributed by atoms with E-state index in [4.69, 9.17) is 0 Å². The lowest BCUT2D eigenvalue weighted by molar-refractivity contribution is 0.866. The first kappa shape index (κ1) is 17.0. The highest BCUT2D eigenvalue weighted by Crippen LogP contribution is 2.17. The fourth-order valence-corrected chi connectivity index (χ4v) is 2.66. The average molecular weight is 324 g/mol. The minimum Gasteiger partial charge on any atom is -0.0622 e. The second-order valence-corrected chi connectivity index (χ2v) is 6.57. The third-order valence-electron chi connectivity index (χ3n) is 4.28. The lowest BCUT2D eigenvalue weighted by Crippen LogP contribution is -1.85. The van der Waals surface area contributed by atoms with E-state index in [0.717, 1.165) is 0 Å². The zero-order valence-electron chi connectivity index (χ0n) is 14.9. The van der Waals surface area contributed by atoms with Crippen molar-refractivity contribution in [1.29, 1.82) is 0 Å². The zero-order valence-corrected chi connectivity index (χ0v) is 14.9. The van der Waals surface area contributed by atoms with Crippen LogP contribution in [0.15, 0.2) is 78.9 Å². The van der Waals surface area contributed by atoms with E-state index in [2.05, 4.69) is 111 Å². The minimum absolute atomic E-state index is 0.578. The van der Waals surface area contributed by atoms with Crippen LogP contribution in [-0.4, -0.2) is 0 Å². The number of rotatable bonds is 5. The van der Waals surface area contributed by atoms with E-state index in [1.807, 2.05) is 6.07 Å². The quantitative estimate of drug-likeness (QED) is 0.437. The van der Waals surface area contributed by atoms with Gasteiger partial charge in [-0.2, -0.15) is 0 Å². The van der Waals surface area contributed by atoms with Crippen molar-refractivity contribution in [3.8, 4) is 0 Å². The summed E-state index contributed by atoms with van der Waals surface area (Å²) in [5.74, 6) is 0.578. The summed E-state index contributed by atoms with van der Waals surface area (Å²) in [6, 6.07) is 27.8. The molecule has 0 aliphatic heterocycles. The fraction of sp³-hybridized carbons (Fsp3) is 0.120. The molecule has 0 spiro atoms. The number of benzene rings is 3. The molecule has 0 aliphatic rings. The van der Waals surface area contributed by atoms with Crippen LogP contribution in [0.25, 0.3) is 24.3 Å². The Balaban J connectivity index is 1.65. The normalized spacial score (nSPS) is 11.6. The van der Waals surface area contributed by atoms with Gasteiger partial charge < -0.3 is 0 Å². The van der Waals surface area contributed by atoms with Crippen molar-refractivity contribution in [2.75, 3.05) is 0 Å². The van der Waals surface area contributed by atoms with E-state index in [0.29, 0.717) is 5.92 Å². The zero-order chi connectivity index (χ0) is 17.5. The first-order valence-corrected chi connectivity index (χ1v) is 8.82. The van der Waals surface area contributed by atoms with Gasteiger partial charge in [0.2, 0.25) is 0 Å². The van der Waals surface area contributed by atoms with E-state index in [1.165, 1.54) is 27.8 Å². The Morgan fingerprint density at radius 1 is 0.480 bits per heavy atom. The minimum atomic E-state index is 0.578. The van der Waals surface area contributed by atoms with E-state index in [1.54, 1.807) is 0 Å². The first-order chi connectivity index (χ1) is 12.2. The van der Waals surface area contributed by atoms with Crippen molar-refractivity contribution in [3.05, 3.63) is 107 Å². The van der Waals surface area contributed by atoms with Crippen molar-refractivity contribution < 1.29 is 0 Å². The summed E-state index contributed by atoms with van der Waals surface area (Å²) < 4.78 is 0. The van der Waals surface area contributed by atoms with Gasteiger partial charge >= 0.3 is 0 Å². The summed E-state index contributed by atoms with van der Waals surface area (Å²) in [6.07, 6.45) is 8.61. The fourth-order valence-electron chi connectivity index (χ4n) is 2.66. The van der Waals surface area contributed by atoms with Crippen LogP contribution in [0.4, 0.5) is 0 Å². The van der Waals surface area contributed by atoms with Crippen molar-refractivity contribution in [2.24, 2.45) is 0 Å². The molecule has 3 rings (SSSR count). The molecule has 0 radical (unpaired) electrons. The van der Waals surface area contributed by atoms with Gasteiger partial charge in [-0.1, -0.05) is 117 Å². The number of hydrogen-bond acceptors (Lipinski definition) is 0. The largest absolute Gasteiger partial charge is 0.0622 e. The molecular formula is C25H24. The highest BCUT2D eigenvalue weighted by Gasteiger charge is 1.97. The van der Waals surface area contributed by atoms with Crippen LogP contribution in [0, 0.1) is 0 Å². The van der Waals surface area contributed by atoms with Crippen LogP contribution in [0.3, 0.4) is 0 Å². The van der Waals surface area contributed by atoms with Crippen LogP contribution in [0.1, 0.15) is 47.6 Å². The summed E-state index contributed by atoms with van der Waals surface area (Å²) >= 11 is 0. The molecule has 0 N–H and O–H groups in total. The van der Waals surface area contributed by atoms with Gasteiger partial charge in [0.1, 0.15) is 0 Å². The predicted octanol–water partition coefficient (Wildman–Crippen LogP) is 7.15. The molecule has 3 aromatic carbocycles. The third-order valence-corrected chi connectivity index (χ3v) is 4.28. The molecule has 0 saturated heterocycles. The third kappa shape index (κ3) is 5.06. The summed E-state index contributed by atoms with van der Waals surface area (Å²) in [5, 5.41) is 0. The summed E-state index contributed by atoms with van der Waals surface area (Å²) in [6.45, 7) is 4.44. The van der Waals surface area contributed by atoms with Gasteiger partial charge in [0.05, 0.1) is 0 Å². The van der Waals surface area contributed by atoms with E-state index in [9.17, 15) is 0 Å². The molecule has 0 nitrogen and oxygen atoms in total. The summed E-state index contributed by atoms with van der Waals surface area (Å²) in [7, 11) is 0. The predicted molar refractivity (Wildman–Crippen MR) is 111 cm³/mol. The molecule has 124 valence electrons. The molecule has 0 atom stereocenters. The van der Waals surface area contributed by atoms with E-state index in [-0.39, 0.29) is 0 Å². The maximum Gasteiger partial charge on any atom is -0.0219 e. The molecule has 0 saturated carbocycles. The van der Waals surface area contributed by atoms with Crippen LogP contribution >= 0.6 is 0 Å². The molecular weight excluding hydrogens is 300 g/mol. The number of hydrogen-bond donors (Lipinski definition) is 0. The molecule has 0 unspecified atom stereocenters. The molecule has 3 aromatic rings. The van der Waals surface area contributed by atoms with Gasteiger partial charge in [-0.3, -0.25) is 0 Å². The van der Waals surface area contributed by atoms with Crippen LogP contribution in [0.2, 0.25) is 0 Å². The summed E-state index contributed by atoms with van der Waals surface area (Å²) in [5.41, 5.74) is 6.26. The summed E-state index contributed by atoms with van der Waals surface area (Å²) in [4.78, 5) is 0. The van der Waals surface area contributed by atoms with Crippen LogP contribution in [0.5, 0.6) is 0 Å². The molecule has 0 heterocycles.